The maximum Gasteiger partial charge on any atom is 0.303 e. The molecular weight excluding hydrogens is 504 g/mol. The Morgan fingerprint density at radius 3 is 2.00 bits per heavy atom. The van der Waals surface area contributed by atoms with Gasteiger partial charge in [-0.05, 0) is 31.1 Å². The predicted molar refractivity (Wildman–Crippen MR) is 126 cm³/mol. The highest BCUT2D eigenvalue weighted by Crippen LogP contribution is 2.70. The third kappa shape index (κ3) is 3.39. The molecular formula is C26H38O12. The lowest BCUT2D eigenvalue weighted by molar-refractivity contribution is -0.360. The van der Waals surface area contributed by atoms with E-state index in [1.807, 2.05) is 0 Å². The summed E-state index contributed by atoms with van der Waals surface area (Å²) < 4.78 is 22.9. The van der Waals surface area contributed by atoms with E-state index in [2.05, 4.69) is 0 Å². The Kier molecular flexibility index (Phi) is 6.60. The lowest BCUT2D eigenvalue weighted by atomic mass is 9.37. The Hall–Kier alpha value is -2.12. The summed E-state index contributed by atoms with van der Waals surface area (Å²) in [6, 6.07) is 0. The van der Waals surface area contributed by atoms with E-state index in [9.17, 15) is 39.6 Å². The monoisotopic (exact) mass is 542 g/mol. The number of aliphatic hydroxyl groups is 4. The van der Waals surface area contributed by atoms with Crippen molar-refractivity contribution in [1.82, 2.24) is 0 Å². The molecule has 12 heteroatoms. The van der Waals surface area contributed by atoms with Gasteiger partial charge >= 0.3 is 17.9 Å². The average Bonchev–Trinajstić information content (AvgIpc) is 2.96. The van der Waals surface area contributed by atoms with Crippen LogP contribution < -0.4 is 0 Å². The molecule has 0 bridgehead atoms. The van der Waals surface area contributed by atoms with Crippen molar-refractivity contribution >= 4 is 23.7 Å². The minimum absolute atomic E-state index is 0.293. The number of ketones is 1. The zero-order valence-electron chi connectivity index (χ0n) is 22.7. The first kappa shape index (κ1) is 28.9. The van der Waals surface area contributed by atoms with Gasteiger partial charge in [0.15, 0.2) is 23.8 Å². The van der Waals surface area contributed by atoms with Crippen molar-refractivity contribution in [2.45, 2.75) is 115 Å². The fourth-order valence-corrected chi connectivity index (χ4v) is 8.31. The van der Waals surface area contributed by atoms with Gasteiger partial charge in [0.1, 0.15) is 29.5 Å². The largest absolute Gasteiger partial charge is 0.462 e. The fraction of sp³-hybridized carbons (Fsp3) is 0.846. The van der Waals surface area contributed by atoms with Crippen LogP contribution in [-0.2, 0) is 38.1 Å². The molecule has 38 heavy (non-hydrogen) atoms. The van der Waals surface area contributed by atoms with E-state index >= 15 is 0 Å². The van der Waals surface area contributed by atoms with Crippen LogP contribution in [0.5, 0.6) is 0 Å². The van der Waals surface area contributed by atoms with Gasteiger partial charge < -0.3 is 39.4 Å². The molecule has 1 unspecified atom stereocenters. The molecule has 4 N–H and O–H groups in total. The topological polar surface area (TPSA) is 186 Å². The van der Waals surface area contributed by atoms with E-state index in [4.69, 9.17) is 18.9 Å². The van der Waals surface area contributed by atoms with E-state index in [1.165, 1.54) is 13.8 Å². The van der Waals surface area contributed by atoms with Gasteiger partial charge in [-0.15, -0.1) is 0 Å². The molecule has 3 saturated carbocycles. The zero-order valence-corrected chi connectivity index (χ0v) is 22.7. The van der Waals surface area contributed by atoms with Crippen LogP contribution >= 0.6 is 0 Å². The van der Waals surface area contributed by atoms with Crippen molar-refractivity contribution in [2.75, 3.05) is 0 Å². The van der Waals surface area contributed by atoms with E-state index in [1.54, 1.807) is 20.8 Å². The van der Waals surface area contributed by atoms with Crippen molar-refractivity contribution in [2.24, 2.45) is 22.7 Å². The van der Waals surface area contributed by atoms with Crippen LogP contribution in [0.2, 0.25) is 0 Å². The number of carbonyl (C=O) groups is 4. The number of esters is 3. The van der Waals surface area contributed by atoms with E-state index < -0.39 is 100 Å². The van der Waals surface area contributed by atoms with Gasteiger partial charge in [-0.25, -0.2) is 0 Å². The Labute approximate surface area is 220 Å². The number of hydrogen-bond donors (Lipinski definition) is 4. The third-order valence-electron chi connectivity index (χ3n) is 10.0. The van der Waals surface area contributed by atoms with Crippen molar-refractivity contribution in [3.05, 3.63) is 0 Å². The lowest BCUT2D eigenvalue weighted by Crippen LogP contribution is -2.84. The first-order chi connectivity index (χ1) is 17.3. The number of fused-ring (bicyclic) bond motifs is 5. The SMILES string of the molecule is CC(=O)O[C@@H]1C2[C@H](CC(=O)[C@@]3(O)[C@@H](O)[C@@H](O)O[C@@]23C)[C@@]2(C)[C@@H](OC(C)=O)CCC(C)(C)[C@]2(O)[C@H]1OC(C)=O. The molecule has 12 nitrogen and oxygen atoms in total. The van der Waals surface area contributed by atoms with Crippen molar-refractivity contribution in [3.8, 4) is 0 Å². The van der Waals surface area contributed by atoms with Gasteiger partial charge in [0, 0.05) is 38.5 Å². The summed E-state index contributed by atoms with van der Waals surface area (Å²) in [5.41, 5.74) is -9.22. The maximum absolute atomic E-state index is 13.6. The molecule has 0 aromatic carbocycles. The van der Waals surface area contributed by atoms with E-state index in [0.29, 0.717) is 12.8 Å². The number of rotatable bonds is 3. The number of aliphatic hydroxyl groups excluding tert-OH is 2. The van der Waals surface area contributed by atoms with Crippen LogP contribution in [0.1, 0.15) is 67.7 Å². The number of Topliss-reactive ketones (excluding diaryl/α,β-unsaturated/α-hetero) is 1. The van der Waals surface area contributed by atoms with Gasteiger partial charge in [0.2, 0.25) is 0 Å². The molecule has 1 aliphatic heterocycles. The van der Waals surface area contributed by atoms with Crippen LogP contribution in [0, 0.1) is 22.7 Å². The smallest absolute Gasteiger partial charge is 0.303 e. The first-order valence-electron chi connectivity index (χ1n) is 12.8. The Morgan fingerprint density at radius 2 is 1.47 bits per heavy atom. The lowest BCUT2D eigenvalue weighted by Gasteiger charge is -2.71. The van der Waals surface area contributed by atoms with Crippen LogP contribution in [0.25, 0.3) is 0 Å². The predicted octanol–water partition coefficient (Wildman–Crippen LogP) is -0.243. The highest BCUT2D eigenvalue weighted by molar-refractivity contribution is 5.91. The summed E-state index contributed by atoms with van der Waals surface area (Å²) in [6.07, 6.45) is -7.82. The summed E-state index contributed by atoms with van der Waals surface area (Å²) in [6.45, 7) is 9.89. The quantitative estimate of drug-likeness (QED) is 0.271. The number of ether oxygens (including phenoxy) is 4. The zero-order chi connectivity index (χ0) is 28.8. The van der Waals surface area contributed by atoms with E-state index in [0.717, 1.165) is 13.8 Å². The highest BCUT2D eigenvalue weighted by atomic mass is 16.7. The molecule has 4 aliphatic rings. The third-order valence-corrected chi connectivity index (χ3v) is 10.0. The molecule has 11 atom stereocenters. The van der Waals surface area contributed by atoms with Gasteiger partial charge in [-0.2, -0.15) is 0 Å². The molecule has 3 aliphatic carbocycles. The second-order valence-corrected chi connectivity index (χ2v) is 12.3. The summed E-state index contributed by atoms with van der Waals surface area (Å²) in [5, 5.41) is 45.6. The van der Waals surface area contributed by atoms with Gasteiger partial charge in [-0.3, -0.25) is 19.2 Å². The molecule has 0 aromatic rings. The summed E-state index contributed by atoms with van der Waals surface area (Å²) >= 11 is 0. The molecule has 4 fully saturated rings. The minimum atomic E-state index is -2.61. The van der Waals surface area contributed by atoms with Crippen LogP contribution in [0.4, 0.5) is 0 Å². The highest BCUT2D eigenvalue weighted by Gasteiger charge is 2.83. The van der Waals surface area contributed by atoms with Crippen molar-refractivity contribution in [1.29, 1.82) is 0 Å². The standard InChI is InChI=1S/C26H38O12/c1-11(27)35-16-8-9-22(4,5)26(34)20(37-13(3)29)18(36-12(2)28)17-14(23(16,26)6)10-15(30)25(33)19(31)21(32)38-24(17,25)7/h14,16-21,31-34H,8-10H2,1-7H3/t14-,16-,17?,18+,19-,20-,21-,23-,24-,25+,26+/m0/s1. The second kappa shape index (κ2) is 8.69. The maximum atomic E-state index is 13.6. The number of carbonyl (C=O) groups excluding carboxylic acids is 4. The normalized spacial score (nSPS) is 49.2. The molecule has 1 heterocycles. The summed E-state index contributed by atoms with van der Waals surface area (Å²) in [5.74, 6) is -5.27. The molecule has 4 rings (SSSR count). The molecule has 0 aromatic heterocycles. The van der Waals surface area contributed by atoms with Crippen LogP contribution in [0.3, 0.4) is 0 Å². The first-order valence-corrected chi connectivity index (χ1v) is 12.8. The van der Waals surface area contributed by atoms with Gasteiger partial charge in [0.25, 0.3) is 0 Å². The van der Waals surface area contributed by atoms with Crippen LogP contribution in [0.15, 0.2) is 0 Å². The van der Waals surface area contributed by atoms with Gasteiger partial charge in [0.05, 0.1) is 0 Å². The van der Waals surface area contributed by atoms with Crippen molar-refractivity contribution in [3.63, 3.8) is 0 Å². The second-order valence-electron chi connectivity index (χ2n) is 12.3. The van der Waals surface area contributed by atoms with Gasteiger partial charge in [-0.1, -0.05) is 20.8 Å². The van der Waals surface area contributed by atoms with Crippen LogP contribution in [-0.4, -0.2) is 91.6 Å². The Balaban J connectivity index is 2.07. The number of hydrogen-bond acceptors (Lipinski definition) is 12. The Morgan fingerprint density at radius 1 is 0.921 bits per heavy atom. The summed E-state index contributed by atoms with van der Waals surface area (Å²) in [4.78, 5) is 50.7. The minimum Gasteiger partial charge on any atom is -0.462 e. The molecule has 0 amide bonds. The Bertz CT molecular complexity index is 1060. The fourth-order valence-electron chi connectivity index (χ4n) is 8.31. The molecule has 1 saturated heterocycles. The van der Waals surface area contributed by atoms with Crippen molar-refractivity contribution < 1.29 is 58.6 Å². The van der Waals surface area contributed by atoms with E-state index in [-0.39, 0.29) is 0 Å². The average molecular weight is 543 g/mol. The molecule has 0 radical (unpaired) electrons. The summed E-state index contributed by atoms with van der Waals surface area (Å²) in [7, 11) is 0. The molecule has 214 valence electrons. The molecule has 0 spiro atoms.